The summed E-state index contributed by atoms with van der Waals surface area (Å²) in [7, 11) is 0. The van der Waals surface area contributed by atoms with Crippen LogP contribution in [0.1, 0.15) is 58.8 Å². The molecule has 1 rings (SSSR count). The topological polar surface area (TPSA) is 73.1 Å². The maximum Gasteiger partial charge on any atom is 0.225 e. The van der Waals surface area contributed by atoms with Crippen molar-refractivity contribution in [2.24, 2.45) is 0 Å². The predicted molar refractivity (Wildman–Crippen MR) is 84.1 cm³/mol. The van der Waals surface area contributed by atoms with Crippen molar-refractivity contribution in [2.75, 3.05) is 24.2 Å². The van der Waals surface area contributed by atoms with Crippen LogP contribution in [0.2, 0.25) is 0 Å². The van der Waals surface area contributed by atoms with E-state index in [-0.39, 0.29) is 5.95 Å². The number of nitrogens with one attached hydrogen (secondary N) is 1. The van der Waals surface area contributed by atoms with E-state index in [9.17, 15) is 0 Å². The number of nitrogen functional groups attached to an aromatic ring is 1. The Morgan fingerprint density at radius 3 is 2.45 bits per heavy atom. The summed E-state index contributed by atoms with van der Waals surface area (Å²) in [5, 5.41) is 3.28. The number of hydrogen-bond donors (Lipinski definition) is 2. The second kappa shape index (κ2) is 10.3. The van der Waals surface area contributed by atoms with Crippen molar-refractivity contribution in [1.29, 1.82) is 0 Å². The normalized spacial score (nSPS) is 10.5. The van der Waals surface area contributed by atoms with Crippen LogP contribution in [0.25, 0.3) is 0 Å². The second-order valence-corrected chi connectivity index (χ2v) is 4.93. The molecule has 0 aliphatic heterocycles. The highest BCUT2D eigenvalue weighted by Gasteiger charge is 2.02. The average Bonchev–Trinajstić information content (AvgIpc) is 2.41. The van der Waals surface area contributed by atoms with Crippen LogP contribution in [0.4, 0.5) is 11.8 Å². The third-order valence-corrected chi connectivity index (χ3v) is 3.10. The van der Waals surface area contributed by atoms with E-state index in [0.29, 0.717) is 12.5 Å². The zero-order valence-electron chi connectivity index (χ0n) is 12.8. The van der Waals surface area contributed by atoms with Gasteiger partial charge in [-0.25, -0.2) is 0 Å². The van der Waals surface area contributed by atoms with E-state index in [2.05, 4.69) is 22.2 Å². The third-order valence-electron chi connectivity index (χ3n) is 3.10. The molecule has 1 heterocycles. The first-order chi connectivity index (χ1) is 9.76. The molecule has 1 aromatic rings. The summed E-state index contributed by atoms with van der Waals surface area (Å²) in [6.07, 6.45) is 9.11. The molecule has 0 atom stereocenters. The molecule has 5 heteroatoms. The van der Waals surface area contributed by atoms with Crippen LogP contribution < -0.4 is 15.8 Å². The molecule has 114 valence electrons. The van der Waals surface area contributed by atoms with Gasteiger partial charge in [-0.15, -0.1) is 0 Å². The quantitative estimate of drug-likeness (QED) is 0.606. The van der Waals surface area contributed by atoms with Crippen molar-refractivity contribution < 1.29 is 4.74 Å². The molecule has 0 spiro atoms. The molecule has 5 nitrogen and oxygen atoms in total. The molecule has 3 N–H and O–H groups in total. The van der Waals surface area contributed by atoms with Crippen LogP contribution in [-0.2, 0) is 0 Å². The molecule has 0 radical (unpaired) electrons. The van der Waals surface area contributed by atoms with Crippen molar-refractivity contribution in [1.82, 2.24) is 9.97 Å². The lowest BCUT2D eigenvalue weighted by Gasteiger charge is -2.08. The van der Waals surface area contributed by atoms with Gasteiger partial charge in [-0.3, -0.25) is 0 Å². The van der Waals surface area contributed by atoms with Crippen LogP contribution >= 0.6 is 0 Å². The Morgan fingerprint density at radius 2 is 1.75 bits per heavy atom. The molecular weight excluding hydrogens is 252 g/mol. The monoisotopic (exact) mass is 280 g/mol. The molecule has 0 amide bonds. The van der Waals surface area contributed by atoms with Crippen molar-refractivity contribution in [3.8, 4) is 5.88 Å². The van der Waals surface area contributed by atoms with Gasteiger partial charge in [0.15, 0.2) is 0 Å². The van der Waals surface area contributed by atoms with Crippen molar-refractivity contribution in [3.63, 3.8) is 0 Å². The zero-order chi connectivity index (χ0) is 14.6. The Kier molecular flexibility index (Phi) is 8.51. The number of hydrogen-bond acceptors (Lipinski definition) is 5. The summed E-state index contributed by atoms with van der Waals surface area (Å²) in [6, 6.07) is 1.79. The van der Waals surface area contributed by atoms with Gasteiger partial charge in [-0.05, 0) is 13.3 Å². The van der Waals surface area contributed by atoms with E-state index in [1.807, 2.05) is 6.92 Å². The number of nitrogens with zero attached hydrogens (tertiary/aromatic N) is 2. The Balaban J connectivity index is 2.18. The Bertz CT molecular complexity index is 371. The largest absolute Gasteiger partial charge is 0.478 e. The van der Waals surface area contributed by atoms with Gasteiger partial charge >= 0.3 is 0 Å². The Hall–Kier alpha value is -1.52. The zero-order valence-corrected chi connectivity index (χ0v) is 12.8. The molecule has 0 aliphatic carbocycles. The van der Waals surface area contributed by atoms with Crippen LogP contribution in [0, 0.1) is 0 Å². The summed E-state index contributed by atoms with van der Waals surface area (Å²) in [5.74, 6) is 1.52. The SMILES string of the molecule is CCCCCCCCCNc1cc(OCC)nc(N)n1. The van der Waals surface area contributed by atoms with Gasteiger partial charge < -0.3 is 15.8 Å². The molecule has 0 bridgehead atoms. The van der Waals surface area contributed by atoms with Crippen molar-refractivity contribution >= 4 is 11.8 Å². The standard InChI is InChI=1S/C15H28N4O/c1-3-5-6-7-8-9-10-11-17-13-12-14(20-4-2)19-15(16)18-13/h12H,3-11H2,1-2H3,(H3,16,17,18,19). The van der Waals surface area contributed by atoms with Gasteiger partial charge in [0.2, 0.25) is 11.8 Å². The first kappa shape index (κ1) is 16.5. The summed E-state index contributed by atoms with van der Waals surface area (Å²) >= 11 is 0. The molecule has 0 fully saturated rings. The maximum atomic E-state index is 5.65. The summed E-state index contributed by atoms with van der Waals surface area (Å²) < 4.78 is 5.34. The van der Waals surface area contributed by atoms with Gasteiger partial charge in [0.05, 0.1) is 6.61 Å². The molecular formula is C15H28N4O. The van der Waals surface area contributed by atoms with Crippen LogP contribution in [0.3, 0.4) is 0 Å². The van der Waals surface area contributed by atoms with Gasteiger partial charge in [0.1, 0.15) is 5.82 Å². The summed E-state index contributed by atoms with van der Waals surface area (Å²) in [6.45, 7) is 5.65. The molecule has 0 unspecified atom stereocenters. The molecule has 0 saturated heterocycles. The van der Waals surface area contributed by atoms with Gasteiger partial charge in [0.25, 0.3) is 0 Å². The van der Waals surface area contributed by atoms with Gasteiger partial charge in [-0.1, -0.05) is 45.4 Å². The van der Waals surface area contributed by atoms with E-state index in [4.69, 9.17) is 10.5 Å². The first-order valence-electron chi connectivity index (χ1n) is 7.77. The number of nitrogens with two attached hydrogens (primary N) is 1. The van der Waals surface area contributed by atoms with Crippen molar-refractivity contribution in [3.05, 3.63) is 6.07 Å². The minimum absolute atomic E-state index is 0.248. The molecule has 0 saturated carbocycles. The predicted octanol–water partition coefficient (Wildman–Crippen LogP) is 3.62. The number of rotatable bonds is 11. The van der Waals surface area contributed by atoms with E-state index < -0.39 is 0 Å². The van der Waals surface area contributed by atoms with Crippen LogP contribution in [0.15, 0.2) is 6.07 Å². The van der Waals surface area contributed by atoms with E-state index in [1.165, 1.54) is 38.5 Å². The molecule has 20 heavy (non-hydrogen) atoms. The van der Waals surface area contributed by atoms with Gasteiger partial charge in [-0.2, -0.15) is 9.97 Å². The first-order valence-corrected chi connectivity index (χ1v) is 7.77. The van der Waals surface area contributed by atoms with E-state index in [1.54, 1.807) is 6.07 Å². The minimum Gasteiger partial charge on any atom is -0.478 e. The molecule has 1 aromatic heterocycles. The minimum atomic E-state index is 0.248. The van der Waals surface area contributed by atoms with Crippen LogP contribution in [-0.4, -0.2) is 23.1 Å². The fourth-order valence-electron chi connectivity index (χ4n) is 2.05. The fraction of sp³-hybridized carbons (Fsp3) is 0.733. The maximum absolute atomic E-state index is 5.65. The highest BCUT2D eigenvalue weighted by atomic mass is 16.5. The van der Waals surface area contributed by atoms with Crippen LogP contribution in [0.5, 0.6) is 5.88 Å². The number of unbranched alkanes of at least 4 members (excludes halogenated alkanes) is 6. The highest BCUT2D eigenvalue weighted by molar-refractivity contribution is 5.42. The lowest BCUT2D eigenvalue weighted by molar-refractivity contribution is 0.327. The molecule has 0 aliphatic rings. The number of anilines is 2. The highest BCUT2D eigenvalue weighted by Crippen LogP contribution is 2.15. The smallest absolute Gasteiger partial charge is 0.225 e. The lowest BCUT2D eigenvalue weighted by atomic mass is 10.1. The second-order valence-electron chi connectivity index (χ2n) is 4.93. The Morgan fingerprint density at radius 1 is 1.05 bits per heavy atom. The van der Waals surface area contributed by atoms with Gasteiger partial charge in [0, 0.05) is 12.6 Å². The third kappa shape index (κ3) is 7.16. The Labute approximate surface area is 122 Å². The van der Waals surface area contributed by atoms with Crippen molar-refractivity contribution in [2.45, 2.75) is 58.8 Å². The lowest BCUT2D eigenvalue weighted by Crippen LogP contribution is -2.07. The average molecular weight is 280 g/mol. The fourth-order valence-corrected chi connectivity index (χ4v) is 2.05. The van der Waals surface area contributed by atoms with E-state index in [0.717, 1.165) is 18.8 Å². The van der Waals surface area contributed by atoms with E-state index >= 15 is 0 Å². The number of ether oxygens (including phenoxy) is 1. The number of aromatic nitrogens is 2. The summed E-state index contributed by atoms with van der Waals surface area (Å²) in [4.78, 5) is 8.16. The summed E-state index contributed by atoms with van der Waals surface area (Å²) in [5.41, 5.74) is 5.65. The molecule has 0 aromatic carbocycles.